The monoisotopic (exact) mass is 371 g/mol. The number of methoxy groups -OCH3 is 1. The van der Waals surface area contributed by atoms with Gasteiger partial charge in [-0.25, -0.2) is 0 Å². The van der Waals surface area contributed by atoms with Crippen LogP contribution in [0, 0.1) is 6.92 Å². The number of hydrogen-bond donors (Lipinski definition) is 1. The second-order valence-electron chi connectivity index (χ2n) is 5.65. The number of ether oxygens (including phenoxy) is 3. The molecule has 0 aromatic heterocycles. The number of nitrogens with one attached hydrogen (secondary N) is 1. The Labute approximate surface area is 157 Å². The Kier molecular flexibility index (Phi) is 7.37. The van der Waals surface area contributed by atoms with Crippen molar-refractivity contribution in [2.75, 3.05) is 20.3 Å². The maximum Gasteiger partial charge on any atom is 0.309 e. The lowest BCUT2D eigenvalue weighted by Crippen LogP contribution is -2.34. The van der Waals surface area contributed by atoms with E-state index in [0.29, 0.717) is 11.5 Å². The van der Waals surface area contributed by atoms with Crippen molar-refractivity contribution in [1.29, 1.82) is 0 Å². The summed E-state index contributed by atoms with van der Waals surface area (Å²) in [5.74, 6) is -0.950. The molecule has 0 spiro atoms. The van der Waals surface area contributed by atoms with Gasteiger partial charge in [0.2, 0.25) is 0 Å². The molecule has 2 amide bonds. The van der Waals surface area contributed by atoms with E-state index in [0.717, 1.165) is 5.56 Å². The van der Waals surface area contributed by atoms with Gasteiger partial charge < -0.3 is 14.2 Å². The number of hydrogen-bond acceptors (Lipinski definition) is 6. The van der Waals surface area contributed by atoms with Crippen LogP contribution in [-0.2, 0) is 14.3 Å². The second-order valence-corrected chi connectivity index (χ2v) is 5.65. The average Bonchev–Trinajstić information content (AvgIpc) is 2.66. The van der Waals surface area contributed by atoms with Crippen LogP contribution in [0.4, 0.5) is 0 Å². The summed E-state index contributed by atoms with van der Waals surface area (Å²) < 4.78 is 15.4. The Bertz CT molecular complexity index is 818. The van der Waals surface area contributed by atoms with E-state index in [2.05, 4.69) is 5.32 Å². The van der Waals surface area contributed by atoms with Crippen molar-refractivity contribution >= 4 is 17.8 Å². The van der Waals surface area contributed by atoms with Crippen molar-refractivity contribution in [2.45, 2.75) is 13.3 Å². The van der Waals surface area contributed by atoms with Crippen LogP contribution in [0.25, 0.3) is 0 Å². The first-order valence-corrected chi connectivity index (χ1v) is 8.32. The van der Waals surface area contributed by atoms with E-state index in [-0.39, 0.29) is 18.6 Å². The second kappa shape index (κ2) is 9.96. The van der Waals surface area contributed by atoms with Gasteiger partial charge in [0.1, 0.15) is 11.5 Å². The van der Waals surface area contributed by atoms with Gasteiger partial charge in [0, 0.05) is 0 Å². The van der Waals surface area contributed by atoms with Crippen molar-refractivity contribution in [2.24, 2.45) is 0 Å². The fourth-order valence-corrected chi connectivity index (χ4v) is 2.24. The van der Waals surface area contributed by atoms with Crippen LogP contribution >= 0.6 is 0 Å². The predicted molar refractivity (Wildman–Crippen MR) is 97.7 cm³/mol. The molecule has 0 saturated carbocycles. The van der Waals surface area contributed by atoms with Gasteiger partial charge in [0.15, 0.2) is 6.61 Å². The normalized spacial score (nSPS) is 10.0. The topological polar surface area (TPSA) is 90.9 Å². The lowest BCUT2D eigenvalue weighted by molar-refractivity contribution is -0.148. The average molecular weight is 371 g/mol. The fraction of sp³-hybridized carbons (Fsp3) is 0.250. The number of rotatable bonds is 8. The van der Waals surface area contributed by atoms with E-state index in [1.165, 1.54) is 13.2 Å². The predicted octanol–water partition coefficient (Wildman–Crippen LogP) is 2.27. The minimum absolute atomic E-state index is 0.0122. The molecule has 0 bridgehead atoms. The first-order chi connectivity index (χ1) is 13.0. The van der Waals surface area contributed by atoms with Crippen molar-refractivity contribution in [1.82, 2.24) is 5.32 Å². The molecule has 0 aliphatic heterocycles. The first kappa shape index (κ1) is 20.0. The molecule has 7 heteroatoms. The Morgan fingerprint density at radius 3 is 2.56 bits per heavy atom. The van der Waals surface area contributed by atoms with Gasteiger partial charge in [-0.2, -0.15) is 0 Å². The fourth-order valence-electron chi connectivity index (χ4n) is 2.24. The van der Waals surface area contributed by atoms with Crippen molar-refractivity contribution in [3.63, 3.8) is 0 Å². The van der Waals surface area contributed by atoms with Crippen LogP contribution in [0.2, 0.25) is 0 Å². The zero-order valence-electron chi connectivity index (χ0n) is 15.2. The highest BCUT2D eigenvalue weighted by atomic mass is 16.5. The zero-order chi connectivity index (χ0) is 19.6. The summed E-state index contributed by atoms with van der Waals surface area (Å²) in [5.41, 5.74) is 1.26. The quantitative estimate of drug-likeness (QED) is 0.716. The molecule has 0 saturated heterocycles. The maximum atomic E-state index is 12.1. The third kappa shape index (κ3) is 6.47. The van der Waals surface area contributed by atoms with E-state index in [9.17, 15) is 14.4 Å². The standard InChI is InChI=1S/C20H21NO6/c1-14-6-5-7-15(12-14)26-11-10-19(23)27-13-18(22)21-20(24)16-8-3-4-9-17(16)25-2/h3-9,12H,10-11,13H2,1-2H3,(H,21,22,24). The van der Waals surface area contributed by atoms with E-state index in [4.69, 9.17) is 14.2 Å². The lowest BCUT2D eigenvalue weighted by Gasteiger charge is -2.09. The molecule has 2 aromatic rings. The van der Waals surface area contributed by atoms with Gasteiger partial charge in [0.25, 0.3) is 11.8 Å². The molecular formula is C20H21NO6. The SMILES string of the molecule is COc1ccccc1C(=O)NC(=O)COC(=O)CCOc1cccc(C)c1. The van der Waals surface area contributed by atoms with Crippen molar-refractivity contribution < 1.29 is 28.6 Å². The summed E-state index contributed by atoms with van der Waals surface area (Å²) in [6.45, 7) is 1.51. The Morgan fingerprint density at radius 1 is 1.04 bits per heavy atom. The molecule has 27 heavy (non-hydrogen) atoms. The lowest BCUT2D eigenvalue weighted by atomic mass is 10.2. The minimum atomic E-state index is -0.723. The Morgan fingerprint density at radius 2 is 1.81 bits per heavy atom. The Balaban J connectivity index is 1.71. The zero-order valence-corrected chi connectivity index (χ0v) is 15.2. The van der Waals surface area contributed by atoms with Crippen LogP contribution < -0.4 is 14.8 Å². The third-order valence-corrected chi connectivity index (χ3v) is 3.53. The number of carbonyl (C=O) groups is 3. The molecule has 2 aromatic carbocycles. The highest BCUT2D eigenvalue weighted by Crippen LogP contribution is 2.16. The summed E-state index contributed by atoms with van der Waals surface area (Å²) in [6, 6.07) is 13.9. The number of esters is 1. The van der Waals surface area contributed by atoms with Gasteiger partial charge in [-0.05, 0) is 36.8 Å². The summed E-state index contributed by atoms with van der Waals surface area (Å²) in [5, 5.41) is 2.15. The summed E-state index contributed by atoms with van der Waals surface area (Å²) >= 11 is 0. The first-order valence-electron chi connectivity index (χ1n) is 8.32. The third-order valence-electron chi connectivity index (χ3n) is 3.53. The molecular weight excluding hydrogens is 350 g/mol. The van der Waals surface area contributed by atoms with E-state index in [1.807, 2.05) is 25.1 Å². The Hall–Kier alpha value is -3.35. The highest BCUT2D eigenvalue weighted by molar-refractivity contribution is 6.06. The molecule has 2 rings (SSSR count). The molecule has 0 heterocycles. The van der Waals surface area contributed by atoms with Gasteiger partial charge >= 0.3 is 5.97 Å². The highest BCUT2D eigenvalue weighted by Gasteiger charge is 2.15. The number of carbonyl (C=O) groups excluding carboxylic acids is 3. The van der Waals surface area contributed by atoms with E-state index >= 15 is 0 Å². The molecule has 1 N–H and O–H groups in total. The van der Waals surface area contributed by atoms with E-state index < -0.39 is 24.4 Å². The molecule has 7 nitrogen and oxygen atoms in total. The van der Waals surface area contributed by atoms with Gasteiger partial charge in [-0.3, -0.25) is 19.7 Å². The number of imide groups is 1. The van der Waals surface area contributed by atoms with Gasteiger partial charge in [0.05, 0.1) is 25.7 Å². The summed E-state index contributed by atoms with van der Waals surface area (Å²) in [4.78, 5) is 35.5. The van der Waals surface area contributed by atoms with Gasteiger partial charge in [-0.1, -0.05) is 24.3 Å². The van der Waals surface area contributed by atoms with Gasteiger partial charge in [-0.15, -0.1) is 0 Å². The molecule has 0 aliphatic carbocycles. The minimum Gasteiger partial charge on any atom is -0.496 e. The van der Waals surface area contributed by atoms with Crippen molar-refractivity contribution in [3.05, 3.63) is 59.7 Å². The van der Waals surface area contributed by atoms with Crippen LogP contribution in [0.15, 0.2) is 48.5 Å². The smallest absolute Gasteiger partial charge is 0.309 e. The largest absolute Gasteiger partial charge is 0.496 e. The number of amides is 2. The molecule has 142 valence electrons. The molecule has 0 atom stereocenters. The maximum absolute atomic E-state index is 12.1. The number of para-hydroxylation sites is 1. The summed E-state index contributed by atoms with van der Waals surface area (Å²) in [7, 11) is 1.43. The number of aryl methyl sites for hydroxylation is 1. The number of benzene rings is 2. The van der Waals surface area contributed by atoms with E-state index in [1.54, 1.807) is 24.3 Å². The summed E-state index contributed by atoms with van der Waals surface area (Å²) in [6.07, 6.45) is -0.0122. The van der Waals surface area contributed by atoms with Crippen LogP contribution in [0.3, 0.4) is 0 Å². The molecule has 0 radical (unpaired) electrons. The van der Waals surface area contributed by atoms with Crippen LogP contribution in [0.1, 0.15) is 22.3 Å². The molecule has 0 fully saturated rings. The molecule has 0 unspecified atom stereocenters. The van der Waals surface area contributed by atoms with Crippen molar-refractivity contribution in [3.8, 4) is 11.5 Å². The molecule has 0 aliphatic rings. The van der Waals surface area contributed by atoms with Crippen LogP contribution in [0.5, 0.6) is 11.5 Å². The van der Waals surface area contributed by atoms with Crippen LogP contribution in [-0.4, -0.2) is 38.1 Å².